The van der Waals surface area contributed by atoms with Gasteiger partial charge in [-0.3, -0.25) is 0 Å². The van der Waals surface area contributed by atoms with Crippen LogP contribution in [0.1, 0.15) is 40.5 Å². The van der Waals surface area contributed by atoms with Crippen LogP contribution < -0.4 is 10.9 Å². The standard InChI is InChI=1S/2C11H16BN.C3H6Cl2/c2*1-2-13-10-6-9-12(13)11-7-4-3-5-8-11;1-3(2,4)5/h2*3-5,7-8H,2,6,9-10H2,1H3;1-2H3. The first-order valence-corrected chi connectivity index (χ1v) is 12.5. The van der Waals surface area contributed by atoms with Gasteiger partial charge in [0.05, 0.1) is 0 Å². The summed E-state index contributed by atoms with van der Waals surface area (Å²) in [6.07, 6.45) is 5.37. The van der Waals surface area contributed by atoms with Crippen LogP contribution in [0, 0.1) is 0 Å². The second kappa shape index (κ2) is 13.6. The molecule has 4 rings (SSSR count). The highest BCUT2D eigenvalue weighted by atomic mass is 35.5. The molecule has 2 aromatic rings. The Bertz CT molecular complexity index is 662. The van der Waals surface area contributed by atoms with Crippen molar-refractivity contribution >= 4 is 47.8 Å². The van der Waals surface area contributed by atoms with Gasteiger partial charge in [0, 0.05) is 0 Å². The molecule has 0 spiro atoms. The summed E-state index contributed by atoms with van der Waals surface area (Å²) in [4.78, 5) is 5.13. The van der Waals surface area contributed by atoms with E-state index >= 15 is 0 Å². The molecule has 6 heteroatoms. The molecule has 0 saturated carbocycles. The molecular formula is C25H38B2Cl2N2. The van der Waals surface area contributed by atoms with E-state index in [1.54, 1.807) is 13.8 Å². The molecule has 2 aromatic carbocycles. The van der Waals surface area contributed by atoms with Crippen molar-refractivity contribution in [1.29, 1.82) is 0 Å². The number of nitrogens with zero attached hydrogens (tertiary/aromatic N) is 2. The zero-order chi connectivity index (χ0) is 22.7. The van der Waals surface area contributed by atoms with Crippen LogP contribution in [0.3, 0.4) is 0 Å². The number of hydrogen-bond acceptors (Lipinski definition) is 2. The smallest absolute Gasteiger partial charge is 0.257 e. The highest BCUT2D eigenvalue weighted by molar-refractivity contribution is 6.71. The summed E-state index contributed by atoms with van der Waals surface area (Å²) in [5.74, 6) is 0. The fraction of sp³-hybridized carbons (Fsp3) is 0.520. The topological polar surface area (TPSA) is 6.48 Å². The van der Waals surface area contributed by atoms with Crippen molar-refractivity contribution in [3.63, 3.8) is 0 Å². The first-order valence-electron chi connectivity index (χ1n) is 11.8. The van der Waals surface area contributed by atoms with Gasteiger partial charge < -0.3 is 9.62 Å². The zero-order valence-corrected chi connectivity index (χ0v) is 21.2. The molecule has 2 nitrogen and oxygen atoms in total. The minimum Gasteiger partial charge on any atom is -0.338 e. The van der Waals surface area contributed by atoms with Crippen molar-refractivity contribution in [2.24, 2.45) is 0 Å². The first kappa shape index (κ1) is 26.3. The lowest BCUT2D eigenvalue weighted by Gasteiger charge is -2.19. The molecule has 2 fully saturated rings. The number of rotatable bonds is 4. The van der Waals surface area contributed by atoms with Crippen LogP contribution in [0.4, 0.5) is 0 Å². The average molecular weight is 459 g/mol. The van der Waals surface area contributed by atoms with E-state index in [4.69, 9.17) is 23.2 Å². The molecule has 2 aliphatic heterocycles. The van der Waals surface area contributed by atoms with Crippen molar-refractivity contribution in [1.82, 2.24) is 9.62 Å². The van der Waals surface area contributed by atoms with Crippen LogP contribution in [0.2, 0.25) is 12.6 Å². The van der Waals surface area contributed by atoms with E-state index in [-0.39, 0.29) is 0 Å². The molecule has 2 aliphatic rings. The Kier molecular flexibility index (Phi) is 11.5. The Morgan fingerprint density at radius 3 is 1.32 bits per heavy atom. The summed E-state index contributed by atoms with van der Waals surface area (Å²) in [6, 6.07) is 21.7. The SMILES string of the molecule is CC(C)(Cl)Cl.CCN1CCCB1c1ccccc1.CCN1CCCB1c1ccccc1. The van der Waals surface area contributed by atoms with Gasteiger partial charge in [0.1, 0.15) is 4.33 Å². The van der Waals surface area contributed by atoms with Gasteiger partial charge in [-0.25, -0.2) is 0 Å². The molecule has 0 aliphatic carbocycles. The molecule has 2 saturated heterocycles. The number of benzene rings is 2. The molecule has 0 aromatic heterocycles. The molecular weight excluding hydrogens is 421 g/mol. The van der Waals surface area contributed by atoms with Crippen molar-refractivity contribution in [2.75, 3.05) is 26.2 Å². The number of hydrogen-bond donors (Lipinski definition) is 0. The lowest BCUT2D eigenvalue weighted by molar-refractivity contribution is 0.496. The molecule has 2 heterocycles. The molecule has 0 bridgehead atoms. The molecule has 0 N–H and O–H groups in total. The van der Waals surface area contributed by atoms with Gasteiger partial charge in [0.25, 0.3) is 13.7 Å². The third-order valence-corrected chi connectivity index (χ3v) is 5.91. The number of halogens is 2. The van der Waals surface area contributed by atoms with E-state index in [0.29, 0.717) is 13.7 Å². The van der Waals surface area contributed by atoms with E-state index in [9.17, 15) is 0 Å². The molecule has 168 valence electrons. The monoisotopic (exact) mass is 458 g/mol. The highest BCUT2D eigenvalue weighted by Gasteiger charge is 2.29. The molecule has 0 radical (unpaired) electrons. The Morgan fingerprint density at radius 1 is 0.710 bits per heavy atom. The van der Waals surface area contributed by atoms with Gasteiger partial charge >= 0.3 is 0 Å². The maximum Gasteiger partial charge on any atom is 0.257 e. The van der Waals surface area contributed by atoms with Crippen LogP contribution >= 0.6 is 23.2 Å². The van der Waals surface area contributed by atoms with E-state index in [0.717, 1.165) is 0 Å². The minimum atomic E-state index is -0.556. The Balaban J connectivity index is 0.000000182. The Hall–Kier alpha value is -0.930. The summed E-state index contributed by atoms with van der Waals surface area (Å²) in [5.41, 5.74) is 2.98. The van der Waals surface area contributed by atoms with Crippen LogP contribution in [0.15, 0.2) is 60.7 Å². The van der Waals surface area contributed by atoms with Gasteiger partial charge in [-0.05, 0) is 52.9 Å². The third kappa shape index (κ3) is 9.61. The summed E-state index contributed by atoms with van der Waals surface area (Å²) >= 11 is 10.6. The third-order valence-electron chi connectivity index (χ3n) is 5.91. The van der Waals surface area contributed by atoms with Crippen molar-refractivity contribution < 1.29 is 0 Å². The summed E-state index contributed by atoms with van der Waals surface area (Å²) < 4.78 is -0.556. The normalized spacial score (nSPS) is 17.1. The van der Waals surface area contributed by atoms with E-state index in [2.05, 4.69) is 84.1 Å². The predicted molar refractivity (Wildman–Crippen MR) is 143 cm³/mol. The van der Waals surface area contributed by atoms with Gasteiger partial charge in [0.15, 0.2) is 0 Å². The van der Waals surface area contributed by atoms with Crippen LogP contribution in [-0.4, -0.2) is 53.8 Å². The second-order valence-electron chi connectivity index (χ2n) is 8.72. The summed E-state index contributed by atoms with van der Waals surface area (Å²) in [6.45, 7) is 14.2. The van der Waals surface area contributed by atoms with Crippen molar-refractivity contribution in [3.8, 4) is 0 Å². The Labute approximate surface area is 201 Å². The van der Waals surface area contributed by atoms with Crippen molar-refractivity contribution in [2.45, 2.75) is 57.5 Å². The van der Waals surface area contributed by atoms with E-state index in [1.165, 1.54) is 62.6 Å². The summed E-state index contributed by atoms with van der Waals surface area (Å²) in [5, 5.41) is 0. The quantitative estimate of drug-likeness (QED) is 0.445. The van der Waals surface area contributed by atoms with E-state index < -0.39 is 4.33 Å². The van der Waals surface area contributed by atoms with Gasteiger partial charge in [-0.1, -0.05) is 98.1 Å². The van der Waals surface area contributed by atoms with Crippen molar-refractivity contribution in [3.05, 3.63) is 60.7 Å². The minimum absolute atomic E-state index is 0.556. The maximum atomic E-state index is 5.30. The van der Waals surface area contributed by atoms with Gasteiger partial charge in [0.2, 0.25) is 0 Å². The zero-order valence-electron chi connectivity index (χ0n) is 19.7. The largest absolute Gasteiger partial charge is 0.338 e. The fourth-order valence-electron chi connectivity index (χ4n) is 4.51. The lowest BCUT2D eigenvalue weighted by Crippen LogP contribution is -2.43. The van der Waals surface area contributed by atoms with Gasteiger partial charge in [-0.2, -0.15) is 0 Å². The van der Waals surface area contributed by atoms with Crippen LogP contribution in [0.25, 0.3) is 0 Å². The molecule has 0 amide bonds. The molecule has 31 heavy (non-hydrogen) atoms. The molecule has 0 atom stereocenters. The maximum absolute atomic E-state index is 5.30. The van der Waals surface area contributed by atoms with Gasteiger partial charge in [-0.15, -0.1) is 23.2 Å². The summed E-state index contributed by atoms with van der Waals surface area (Å²) in [7, 11) is 0. The van der Waals surface area contributed by atoms with Crippen LogP contribution in [-0.2, 0) is 0 Å². The average Bonchev–Trinajstić information content (AvgIpc) is 3.43. The number of alkyl halides is 2. The molecule has 0 unspecified atom stereocenters. The second-order valence-corrected chi connectivity index (χ2v) is 10.8. The fourth-order valence-corrected chi connectivity index (χ4v) is 4.51. The first-order chi connectivity index (χ1) is 14.8. The van der Waals surface area contributed by atoms with E-state index in [1.807, 2.05) is 0 Å². The lowest BCUT2D eigenvalue weighted by atomic mass is 9.54. The highest BCUT2D eigenvalue weighted by Crippen LogP contribution is 2.16. The van der Waals surface area contributed by atoms with Crippen LogP contribution in [0.5, 0.6) is 0 Å². The Morgan fingerprint density at radius 2 is 1.03 bits per heavy atom. The predicted octanol–water partition coefficient (Wildman–Crippen LogP) is 5.42.